The highest BCUT2D eigenvalue weighted by Gasteiger charge is 2.64. The number of carbonyl (C=O) groups excluding carboxylic acids is 6. The van der Waals surface area contributed by atoms with Gasteiger partial charge in [0.2, 0.25) is 17.7 Å². The number of anilines is 1. The number of thioether (sulfide) groups is 1. The van der Waals surface area contributed by atoms with Crippen LogP contribution in [0.2, 0.25) is 5.02 Å². The molecule has 2 N–H and O–H groups in total. The summed E-state index contributed by atoms with van der Waals surface area (Å²) in [7, 11) is 1.63. The molecule has 1 aliphatic carbocycles. The molecule has 15 nitrogen and oxygen atoms in total. The van der Waals surface area contributed by atoms with Gasteiger partial charge in [0.15, 0.2) is 6.10 Å². The lowest BCUT2D eigenvalue weighted by Crippen LogP contribution is -2.60. The van der Waals surface area contributed by atoms with Gasteiger partial charge >= 0.3 is 12.1 Å². The fourth-order valence-corrected chi connectivity index (χ4v) is 10.9. The minimum Gasteiger partial charge on any atom is -0.457 e. The summed E-state index contributed by atoms with van der Waals surface area (Å²) >= 11 is 8.19. The maximum atomic E-state index is 14.2. The summed E-state index contributed by atoms with van der Waals surface area (Å²) in [6.07, 6.45) is 5.74. The predicted molar refractivity (Wildman–Crippen MR) is 250 cm³/mol. The average molecular weight is 959 g/mol. The van der Waals surface area contributed by atoms with Crippen LogP contribution in [-0.4, -0.2) is 126 Å². The number of allylic oxidation sites excluding steroid dienone is 3. The zero-order valence-corrected chi connectivity index (χ0v) is 41.2. The van der Waals surface area contributed by atoms with Gasteiger partial charge in [-0.15, -0.1) is 11.8 Å². The highest BCUT2D eigenvalue weighted by molar-refractivity contribution is 8.00. The number of epoxide rings is 1. The van der Waals surface area contributed by atoms with Crippen molar-refractivity contribution in [2.45, 2.75) is 147 Å². The van der Waals surface area contributed by atoms with Gasteiger partial charge in [-0.1, -0.05) is 62.2 Å². The number of alkyl carbamates (subject to hydrolysis) is 1. The number of fused-ring (bicyclic) bond motifs is 5. The van der Waals surface area contributed by atoms with E-state index in [0.717, 1.165) is 42.4 Å². The number of halogens is 1. The van der Waals surface area contributed by atoms with E-state index in [1.165, 1.54) is 21.6 Å². The topological polar surface area (TPSA) is 191 Å². The smallest absolute Gasteiger partial charge is 0.409 e. The van der Waals surface area contributed by atoms with Crippen LogP contribution in [0, 0.1) is 30.6 Å². The minimum absolute atomic E-state index is 0.0574. The van der Waals surface area contributed by atoms with Crippen LogP contribution in [0.4, 0.5) is 10.5 Å². The molecule has 1 aromatic rings. The molecule has 0 aromatic heterocycles. The fraction of sp³-hybridized carbons (Fsp3) is 0.673. The molecule has 4 fully saturated rings. The van der Waals surface area contributed by atoms with E-state index in [4.69, 9.17) is 35.3 Å². The highest BCUT2D eigenvalue weighted by atomic mass is 35.5. The molecule has 17 heteroatoms. The lowest BCUT2D eigenvalue weighted by atomic mass is 9.79. The van der Waals surface area contributed by atoms with E-state index in [0.29, 0.717) is 48.2 Å². The Balaban J connectivity index is 1.04. The third kappa shape index (κ3) is 12.3. The average Bonchev–Trinajstić information content (AvgIpc) is 3.91. The number of nitrogens with one attached hydrogen (secondary N) is 1. The molecule has 1 aromatic carbocycles. The number of aliphatic hydroxyl groups is 1. The van der Waals surface area contributed by atoms with Crippen molar-refractivity contribution in [3.05, 3.63) is 52.1 Å². The van der Waals surface area contributed by atoms with Crippen LogP contribution in [0.15, 0.2) is 35.9 Å². The van der Waals surface area contributed by atoms with Crippen molar-refractivity contribution >= 4 is 64.6 Å². The Morgan fingerprint density at radius 3 is 2.48 bits per heavy atom. The minimum atomic E-state index is -1.61. The number of likely N-dealkylation sites (tertiary alicyclic amines) is 1. The number of imide groups is 1. The number of amides is 4. The van der Waals surface area contributed by atoms with Crippen LogP contribution in [0.1, 0.15) is 104 Å². The lowest BCUT2D eigenvalue weighted by molar-refractivity contribution is -0.166. The summed E-state index contributed by atoms with van der Waals surface area (Å²) in [6.45, 7) is 13.6. The number of carbonyl (C=O) groups is 6. The van der Waals surface area contributed by atoms with Gasteiger partial charge in [-0.25, -0.2) is 9.59 Å². The molecule has 0 spiro atoms. The van der Waals surface area contributed by atoms with Crippen molar-refractivity contribution in [1.82, 2.24) is 10.2 Å². The standard InChI is InChI=1S/C49H68ClN3O12S/c1-9-37(54)35-15-13-33(14-16-35)27-53-42(56)24-39(45(53)57)66-20-19-61-17-18-62-32(6)46(58)64-40-25-41(55)52(8)36-23-34(22-29(3)43(36)50)21-28(2)11-10-12-30(4)49(60)26-38(63-47(59)51-49)31(5)44-48(40,7)65-44/h10-12,22-23,30-33,35,38-40,44,60H,9,13-21,24-27H2,1-8H3,(H,51,59)/b12-10+,28-11+/t30-,31-,32+,33?,35?,38+,39?,40+,44+,48+,49+/m1/s1. The molecule has 5 aliphatic rings. The van der Waals surface area contributed by atoms with Gasteiger partial charge in [-0.2, -0.15) is 0 Å². The van der Waals surface area contributed by atoms with Crippen molar-refractivity contribution in [3.8, 4) is 0 Å². The van der Waals surface area contributed by atoms with Gasteiger partial charge < -0.3 is 33.7 Å². The molecule has 1 unspecified atom stereocenters. The first-order chi connectivity index (χ1) is 31.2. The maximum Gasteiger partial charge on any atom is 0.409 e. The summed E-state index contributed by atoms with van der Waals surface area (Å²) in [6, 6.07) is 3.84. The largest absolute Gasteiger partial charge is 0.457 e. The van der Waals surface area contributed by atoms with E-state index in [2.05, 4.69) is 5.32 Å². The van der Waals surface area contributed by atoms with E-state index >= 15 is 0 Å². The van der Waals surface area contributed by atoms with E-state index in [1.54, 1.807) is 20.9 Å². The highest BCUT2D eigenvalue weighted by Crippen LogP contribution is 2.49. The molecule has 1 saturated carbocycles. The molecule has 4 bridgehead atoms. The van der Waals surface area contributed by atoms with Gasteiger partial charge in [0, 0.05) is 56.4 Å². The van der Waals surface area contributed by atoms with E-state index in [-0.39, 0.29) is 62.0 Å². The summed E-state index contributed by atoms with van der Waals surface area (Å²) in [4.78, 5) is 81.6. The van der Waals surface area contributed by atoms with Crippen molar-refractivity contribution < 1.29 is 57.6 Å². The number of hydrogen-bond donors (Lipinski definition) is 2. The Morgan fingerprint density at radius 2 is 1.77 bits per heavy atom. The monoisotopic (exact) mass is 957 g/mol. The first-order valence-corrected chi connectivity index (χ1v) is 24.8. The zero-order chi connectivity index (χ0) is 48.1. The second kappa shape index (κ2) is 22.1. The Kier molecular flexibility index (Phi) is 17.3. The van der Waals surface area contributed by atoms with Crippen molar-refractivity contribution in [2.24, 2.45) is 23.7 Å². The third-order valence-corrected chi connectivity index (χ3v) is 15.8. The number of esters is 1. The Labute approximate surface area is 398 Å². The maximum absolute atomic E-state index is 14.2. The van der Waals surface area contributed by atoms with Gasteiger partial charge in [-0.3, -0.25) is 29.4 Å². The van der Waals surface area contributed by atoms with Crippen LogP contribution in [0.3, 0.4) is 0 Å². The number of nitrogens with zero attached hydrogens (tertiary/aromatic N) is 2. The number of ketones is 1. The molecule has 66 heavy (non-hydrogen) atoms. The molecule has 364 valence electrons. The first kappa shape index (κ1) is 51.6. The molecular formula is C49H68ClN3O12S. The molecule has 4 amide bonds. The summed E-state index contributed by atoms with van der Waals surface area (Å²) in [5, 5.41) is 14.3. The Morgan fingerprint density at radius 1 is 1.05 bits per heavy atom. The molecule has 9 atom stereocenters. The van der Waals surface area contributed by atoms with Crippen LogP contribution < -0.4 is 10.2 Å². The number of ether oxygens (including phenoxy) is 5. The fourth-order valence-electron chi connectivity index (χ4n) is 9.67. The van der Waals surface area contributed by atoms with E-state index in [9.17, 15) is 33.9 Å². The van der Waals surface area contributed by atoms with Crippen LogP contribution >= 0.6 is 23.4 Å². The van der Waals surface area contributed by atoms with Crippen molar-refractivity contribution in [1.29, 1.82) is 0 Å². The second-order valence-electron chi connectivity index (χ2n) is 19.0. The quantitative estimate of drug-likeness (QED) is 0.0873. The summed E-state index contributed by atoms with van der Waals surface area (Å²) in [5.74, 6) is -1.27. The lowest BCUT2D eigenvalue weighted by Gasteiger charge is -2.41. The van der Waals surface area contributed by atoms with Gasteiger partial charge in [-0.05, 0) is 82.9 Å². The first-order valence-electron chi connectivity index (χ1n) is 23.4. The normalized spacial score (nSPS) is 33.6. The van der Waals surface area contributed by atoms with Crippen LogP contribution in [0.25, 0.3) is 0 Å². The second-order valence-corrected chi connectivity index (χ2v) is 20.7. The molecule has 3 saturated heterocycles. The van der Waals surface area contributed by atoms with Crippen molar-refractivity contribution in [2.75, 3.05) is 44.1 Å². The number of benzene rings is 1. The molecule has 4 aliphatic heterocycles. The number of Topliss-reactive ketones (excluding diaryl/α,β-unsaturated/α-hetero) is 1. The van der Waals surface area contributed by atoms with Crippen LogP contribution in [0.5, 0.6) is 0 Å². The zero-order valence-electron chi connectivity index (χ0n) is 39.6. The van der Waals surface area contributed by atoms with Gasteiger partial charge in [0.25, 0.3) is 0 Å². The van der Waals surface area contributed by atoms with Gasteiger partial charge in [0.05, 0.1) is 48.3 Å². The number of rotatable bonds is 14. The van der Waals surface area contributed by atoms with Gasteiger partial charge in [0.1, 0.15) is 29.3 Å². The molecule has 6 rings (SSSR count). The van der Waals surface area contributed by atoms with Crippen molar-refractivity contribution in [3.63, 3.8) is 0 Å². The molecule has 0 radical (unpaired) electrons. The Hall–Kier alpha value is -3.80. The molecule has 4 heterocycles. The third-order valence-electron chi connectivity index (χ3n) is 14.1. The predicted octanol–water partition coefficient (Wildman–Crippen LogP) is 6.66. The number of hydrogen-bond acceptors (Lipinski definition) is 13. The SMILES string of the molecule is CCC(=O)C1CCC(CN2C(=O)CC(SCCOCCO[C@@H](C)C(=O)O[C@H]3CC(=O)N(C)c4cc(cc(C)c4Cl)C/C(C)=C/C=C/[C@@H](C)[C@@]4(O)C[C@H](OC(=O)N4)[C@@H](C)[C@@H]4O[C@@]34C)C2=O)CC1. The van der Waals surface area contributed by atoms with E-state index in [1.807, 2.05) is 65.0 Å². The molecular weight excluding hydrogens is 890 g/mol. The summed E-state index contributed by atoms with van der Waals surface area (Å²) < 4.78 is 29.7. The van der Waals surface area contributed by atoms with E-state index < -0.39 is 64.9 Å². The number of aryl methyl sites for hydroxylation is 1. The Bertz CT molecular complexity index is 2060. The summed E-state index contributed by atoms with van der Waals surface area (Å²) in [5.41, 5.74) is 0.461. The van der Waals surface area contributed by atoms with Crippen LogP contribution in [-0.2, 0) is 54.1 Å².